The first-order valence-corrected chi connectivity index (χ1v) is 9.68. The predicted octanol–water partition coefficient (Wildman–Crippen LogP) is 2.34. The van der Waals surface area contributed by atoms with E-state index < -0.39 is 17.9 Å². The quantitative estimate of drug-likeness (QED) is 0.495. The number of carbonyl (C=O) groups excluding carboxylic acids is 2. The third-order valence-electron chi connectivity index (χ3n) is 4.67. The second kappa shape index (κ2) is 9.84. The number of nitrogens with zero attached hydrogens (tertiary/aromatic N) is 1. The van der Waals surface area contributed by atoms with Crippen molar-refractivity contribution in [1.82, 2.24) is 10.7 Å². The van der Waals surface area contributed by atoms with Crippen LogP contribution >= 0.6 is 0 Å². The molecule has 0 radical (unpaired) electrons. The highest BCUT2D eigenvalue weighted by Crippen LogP contribution is 2.32. The molecule has 1 aliphatic rings. The van der Waals surface area contributed by atoms with Crippen LogP contribution in [-0.4, -0.2) is 45.1 Å². The van der Waals surface area contributed by atoms with E-state index in [4.69, 9.17) is 18.9 Å². The molecule has 0 aromatic heterocycles. The van der Waals surface area contributed by atoms with Gasteiger partial charge in [0.1, 0.15) is 6.04 Å². The lowest BCUT2D eigenvalue weighted by atomic mass is 10.0. The molecule has 9 nitrogen and oxygen atoms in total. The van der Waals surface area contributed by atoms with Gasteiger partial charge in [0, 0.05) is 5.56 Å². The van der Waals surface area contributed by atoms with Crippen molar-refractivity contribution in [2.45, 2.75) is 19.9 Å². The summed E-state index contributed by atoms with van der Waals surface area (Å²) >= 11 is 0. The van der Waals surface area contributed by atoms with Crippen molar-refractivity contribution in [2.75, 3.05) is 21.0 Å². The molecule has 1 atom stereocenters. The summed E-state index contributed by atoms with van der Waals surface area (Å²) in [5, 5.41) is 6.74. The molecule has 0 saturated heterocycles. The third-order valence-corrected chi connectivity index (χ3v) is 4.67. The first kappa shape index (κ1) is 21.9. The van der Waals surface area contributed by atoms with E-state index in [1.165, 1.54) is 13.3 Å². The molecule has 9 heteroatoms. The first-order valence-electron chi connectivity index (χ1n) is 9.68. The van der Waals surface area contributed by atoms with Gasteiger partial charge >= 0.3 is 0 Å². The van der Waals surface area contributed by atoms with Gasteiger partial charge in [-0.3, -0.25) is 9.59 Å². The van der Waals surface area contributed by atoms with Crippen molar-refractivity contribution >= 4 is 18.0 Å². The highest BCUT2D eigenvalue weighted by atomic mass is 16.7. The maximum Gasteiger partial charge on any atom is 0.262 e. The van der Waals surface area contributed by atoms with Gasteiger partial charge in [-0.15, -0.1) is 0 Å². The van der Waals surface area contributed by atoms with Gasteiger partial charge in [-0.05, 0) is 47.9 Å². The van der Waals surface area contributed by atoms with E-state index in [1.54, 1.807) is 43.5 Å². The van der Waals surface area contributed by atoms with Crippen LogP contribution in [0.4, 0.5) is 0 Å². The number of methoxy groups -OCH3 is 2. The minimum atomic E-state index is -0.777. The summed E-state index contributed by atoms with van der Waals surface area (Å²) < 4.78 is 21.0. The number of fused-ring (bicyclic) bond motifs is 1. The van der Waals surface area contributed by atoms with Gasteiger partial charge in [-0.2, -0.15) is 5.10 Å². The molecular weight excluding hydrogens is 402 g/mol. The van der Waals surface area contributed by atoms with Crippen molar-refractivity contribution in [3.05, 3.63) is 47.5 Å². The lowest BCUT2D eigenvalue weighted by Gasteiger charge is -2.20. The van der Waals surface area contributed by atoms with Crippen LogP contribution in [0.15, 0.2) is 41.5 Å². The second-order valence-electron chi connectivity index (χ2n) is 7.11. The molecule has 1 aliphatic heterocycles. The van der Waals surface area contributed by atoms with Crippen LogP contribution in [0.5, 0.6) is 23.0 Å². The highest BCUT2D eigenvalue weighted by Gasteiger charge is 2.25. The molecule has 0 saturated carbocycles. The molecule has 0 aliphatic carbocycles. The maximum absolute atomic E-state index is 12.6. The third kappa shape index (κ3) is 5.25. The van der Waals surface area contributed by atoms with E-state index in [-0.39, 0.29) is 12.7 Å². The molecule has 2 aromatic carbocycles. The molecule has 1 heterocycles. The molecule has 0 fully saturated rings. The average Bonchev–Trinajstić information content (AvgIpc) is 3.24. The van der Waals surface area contributed by atoms with Crippen LogP contribution in [0.3, 0.4) is 0 Å². The van der Waals surface area contributed by atoms with Crippen LogP contribution in [0.25, 0.3) is 0 Å². The SMILES string of the molecule is COc1ccc(/C=N/NC(=O)[C@@H](NC(=O)c2ccc3c(c2)OCO3)C(C)C)cc1OC. The Morgan fingerprint density at radius 3 is 2.48 bits per heavy atom. The fourth-order valence-corrected chi connectivity index (χ4v) is 2.97. The minimum Gasteiger partial charge on any atom is -0.493 e. The number of ether oxygens (including phenoxy) is 4. The number of benzene rings is 2. The fourth-order valence-electron chi connectivity index (χ4n) is 2.97. The number of hydrazone groups is 1. The zero-order valence-corrected chi connectivity index (χ0v) is 17.8. The Kier molecular flexibility index (Phi) is 6.96. The Hall–Kier alpha value is -3.75. The number of carbonyl (C=O) groups is 2. The summed E-state index contributed by atoms with van der Waals surface area (Å²) in [7, 11) is 3.09. The zero-order valence-electron chi connectivity index (χ0n) is 17.8. The predicted molar refractivity (Wildman–Crippen MR) is 114 cm³/mol. The first-order chi connectivity index (χ1) is 14.9. The molecule has 2 amide bonds. The Balaban J connectivity index is 1.64. The van der Waals surface area contributed by atoms with Crippen LogP contribution < -0.4 is 29.7 Å². The van der Waals surface area contributed by atoms with Crippen molar-refractivity contribution in [3.63, 3.8) is 0 Å². The fraction of sp³-hybridized carbons (Fsp3) is 0.318. The van der Waals surface area contributed by atoms with Crippen LogP contribution in [-0.2, 0) is 4.79 Å². The second-order valence-corrected chi connectivity index (χ2v) is 7.11. The largest absolute Gasteiger partial charge is 0.493 e. The standard InChI is InChI=1S/C22H25N3O6/c1-13(2)20(24-21(26)15-6-8-17-19(10-15)31-12-30-17)22(27)25-23-11-14-5-7-16(28-3)18(9-14)29-4/h5-11,13,20H,12H2,1-4H3,(H,24,26)(H,25,27)/b23-11+/t20-/m0/s1. The topological polar surface area (TPSA) is 107 Å². The Labute approximate surface area is 180 Å². The summed E-state index contributed by atoms with van der Waals surface area (Å²) in [5.41, 5.74) is 3.56. The summed E-state index contributed by atoms with van der Waals surface area (Å²) in [6.45, 7) is 3.79. The lowest BCUT2D eigenvalue weighted by molar-refractivity contribution is -0.123. The van der Waals surface area contributed by atoms with Gasteiger partial charge in [0.25, 0.3) is 11.8 Å². The van der Waals surface area contributed by atoms with Crippen molar-refractivity contribution in [2.24, 2.45) is 11.0 Å². The van der Waals surface area contributed by atoms with Gasteiger partial charge < -0.3 is 24.3 Å². The normalized spacial score (nSPS) is 13.2. The number of nitrogens with one attached hydrogen (secondary N) is 2. The van der Waals surface area contributed by atoms with Crippen molar-refractivity contribution in [1.29, 1.82) is 0 Å². The molecule has 164 valence electrons. The summed E-state index contributed by atoms with van der Waals surface area (Å²) in [4.78, 5) is 25.3. The van der Waals surface area contributed by atoms with E-state index in [9.17, 15) is 9.59 Å². The van der Waals surface area contributed by atoms with Gasteiger partial charge in [-0.1, -0.05) is 13.8 Å². The number of hydrogen-bond donors (Lipinski definition) is 2. The molecule has 0 bridgehead atoms. The average molecular weight is 427 g/mol. The maximum atomic E-state index is 12.6. The van der Waals surface area contributed by atoms with E-state index in [0.717, 1.165) is 0 Å². The highest BCUT2D eigenvalue weighted by molar-refractivity contribution is 5.98. The molecule has 0 spiro atoms. The summed E-state index contributed by atoms with van der Waals surface area (Å²) in [6, 6.07) is 9.34. The molecule has 31 heavy (non-hydrogen) atoms. The Bertz CT molecular complexity index is 989. The monoisotopic (exact) mass is 427 g/mol. The summed E-state index contributed by atoms with van der Waals surface area (Å²) in [5.74, 6) is 1.24. The Morgan fingerprint density at radius 2 is 1.77 bits per heavy atom. The molecule has 2 N–H and O–H groups in total. The number of amides is 2. The van der Waals surface area contributed by atoms with E-state index in [0.29, 0.717) is 34.1 Å². The van der Waals surface area contributed by atoms with Gasteiger partial charge in [-0.25, -0.2) is 5.43 Å². The van der Waals surface area contributed by atoms with Crippen LogP contribution in [0.1, 0.15) is 29.8 Å². The minimum absolute atomic E-state index is 0.121. The van der Waals surface area contributed by atoms with E-state index in [2.05, 4.69) is 15.8 Å². The van der Waals surface area contributed by atoms with Crippen LogP contribution in [0, 0.1) is 5.92 Å². The van der Waals surface area contributed by atoms with E-state index >= 15 is 0 Å². The smallest absolute Gasteiger partial charge is 0.262 e. The van der Waals surface area contributed by atoms with Crippen molar-refractivity contribution < 1.29 is 28.5 Å². The van der Waals surface area contributed by atoms with Gasteiger partial charge in [0.15, 0.2) is 23.0 Å². The molecule has 3 rings (SSSR count). The molecule has 0 unspecified atom stereocenters. The van der Waals surface area contributed by atoms with Gasteiger partial charge in [0.05, 0.1) is 20.4 Å². The molecule has 2 aromatic rings. The summed E-state index contributed by atoms with van der Waals surface area (Å²) in [6.07, 6.45) is 1.48. The number of rotatable bonds is 8. The van der Waals surface area contributed by atoms with Gasteiger partial charge in [0.2, 0.25) is 6.79 Å². The molecular formula is C22H25N3O6. The van der Waals surface area contributed by atoms with E-state index in [1.807, 2.05) is 13.8 Å². The van der Waals surface area contributed by atoms with Crippen molar-refractivity contribution in [3.8, 4) is 23.0 Å². The van der Waals surface area contributed by atoms with Crippen LogP contribution in [0.2, 0.25) is 0 Å². The number of hydrogen-bond acceptors (Lipinski definition) is 7. The Morgan fingerprint density at radius 1 is 1.03 bits per heavy atom. The lowest BCUT2D eigenvalue weighted by Crippen LogP contribution is -2.48. The zero-order chi connectivity index (χ0) is 22.4.